The van der Waals surface area contributed by atoms with Crippen molar-refractivity contribution in [2.24, 2.45) is 5.92 Å². The van der Waals surface area contributed by atoms with E-state index in [-0.39, 0.29) is 13.0 Å². The van der Waals surface area contributed by atoms with Crippen LogP contribution in [-0.4, -0.2) is 40.1 Å². The highest BCUT2D eigenvalue weighted by Gasteiger charge is 2.32. The molecule has 2 atom stereocenters. The number of rotatable bonds is 7. The Kier molecular flexibility index (Phi) is 7.31. The number of H-pyrrole nitrogens is 1. The van der Waals surface area contributed by atoms with Crippen LogP contribution in [0.15, 0.2) is 42.9 Å². The molecule has 158 valence electrons. The summed E-state index contributed by atoms with van der Waals surface area (Å²) in [7, 11) is 0. The summed E-state index contributed by atoms with van der Waals surface area (Å²) in [6.07, 6.45) is 3.81. The normalized spacial score (nSPS) is 17.9. The third-order valence-electron chi connectivity index (χ3n) is 4.93. The summed E-state index contributed by atoms with van der Waals surface area (Å²) in [4.78, 5) is 56.2. The van der Waals surface area contributed by atoms with E-state index in [1.807, 2.05) is 30.3 Å². The van der Waals surface area contributed by atoms with Crippen molar-refractivity contribution in [1.29, 1.82) is 0 Å². The Morgan fingerprint density at radius 2 is 2.00 bits per heavy atom. The van der Waals surface area contributed by atoms with Crippen molar-refractivity contribution in [2.75, 3.05) is 6.54 Å². The number of nitrogens with zero attached hydrogens (tertiary/aromatic N) is 1. The number of imidazole rings is 1. The van der Waals surface area contributed by atoms with Gasteiger partial charge in [-0.2, -0.15) is 0 Å². The van der Waals surface area contributed by atoms with Crippen molar-refractivity contribution in [2.45, 2.75) is 38.3 Å². The number of aromatic amines is 1. The molecule has 9 heteroatoms. The van der Waals surface area contributed by atoms with Crippen molar-refractivity contribution >= 4 is 23.6 Å². The van der Waals surface area contributed by atoms with Crippen molar-refractivity contribution < 1.29 is 23.9 Å². The van der Waals surface area contributed by atoms with Gasteiger partial charge in [0.15, 0.2) is 5.78 Å². The van der Waals surface area contributed by atoms with Crippen LogP contribution in [0.1, 0.15) is 43.0 Å². The van der Waals surface area contributed by atoms with E-state index in [0.717, 1.165) is 18.4 Å². The first kappa shape index (κ1) is 21.2. The molecule has 2 aromatic rings. The maximum absolute atomic E-state index is 13.0. The predicted molar refractivity (Wildman–Crippen MR) is 106 cm³/mol. The molecule has 1 fully saturated rings. The Labute approximate surface area is 173 Å². The van der Waals surface area contributed by atoms with Crippen LogP contribution in [0, 0.1) is 5.92 Å². The van der Waals surface area contributed by atoms with Gasteiger partial charge < -0.3 is 20.4 Å². The summed E-state index contributed by atoms with van der Waals surface area (Å²) in [5.41, 5.74) is 1.18. The van der Waals surface area contributed by atoms with Gasteiger partial charge in [-0.15, -0.1) is 0 Å². The number of alkyl carbamates (subject to hydrolysis) is 1. The maximum Gasteiger partial charge on any atom is 0.408 e. The van der Waals surface area contributed by atoms with Gasteiger partial charge in [0.05, 0.1) is 18.2 Å². The largest absolute Gasteiger partial charge is 0.445 e. The van der Waals surface area contributed by atoms with Gasteiger partial charge in [0.2, 0.25) is 5.78 Å². The minimum Gasteiger partial charge on any atom is -0.445 e. The van der Waals surface area contributed by atoms with E-state index in [0.29, 0.717) is 18.7 Å². The highest BCUT2D eigenvalue weighted by Crippen LogP contribution is 2.22. The van der Waals surface area contributed by atoms with Gasteiger partial charge in [0.25, 0.3) is 5.91 Å². The Balaban J connectivity index is 1.65. The number of ketones is 2. The average Bonchev–Trinajstić information content (AvgIpc) is 3.28. The zero-order chi connectivity index (χ0) is 21.3. The van der Waals surface area contributed by atoms with E-state index >= 15 is 0 Å². The van der Waals surface area contributed by atoms with Gasteiger partial charge >= 0.3 is 6.09 Å². The first-order valence-corrected chi connectivity index (χ1v) is 9.85. The first-order valence-electron chi connectivity index (χ1n) is 9.85. The molecule has 1 aromatic carbocycles. The molecule has 3 rings (SSSR count). The van der Waals surface area contributed by atoms with E-state index in [4.69, 9.17) is 4.74 Å². The van der Waals surface area contributed by atoms with E-state index in [1.54, 1.807) is 0 Å². The van der Waals surface area contributed by atoms with E-state index in [2.05, 4.69) is 20.6 Å². The number of carbonyl (C=O) groups excluding carboxylic acids is 4. The van der Waals surface area contributed by atoms with Gasteiger partial charge in [-0.3, -0.25) is 14.4 Å². The molecule has 1 aliphatic rings. The van der Waals surface area contributed by atoms with Gasteiger partial charge in [-0.1, -0.05) is 36.8 Å². The van der Waals surface area contributed by atoms with Crippen molar-refractivity contribution in [3.63, 3.8) is 0 Å². The third kappa shape index (κ3) is 5.76. The summed E-state index contributed by atoms with van der Waals surface area (Å²) in [6.45, 7) is 0.509. The summed E-state index contributed by atoms with van der Waals surface area (Å²) >= 11 is 0. The number of ether oxygens (including phenoxy) is 1. The molecular formula is C21H24N4O5. The highest BCUT2D eigenvalue weighted by molar-refractivity contribution is 6.37. The van der Waals surface area contributed by atoms with Crippen molar-refractivity contribution in [1.82, 2.24) is 20.6 Å². The molecule has 30 heavy (non-hydrogen) atoms. The lowest BCUT2D eigenvalue weighted by molar-refractivity contribution is -0.141. The topological polar surface area (TPSA) is 130 Å². The molecule has 0 spiro atoms. The molecule has 1 aliphatic heterocycles. The Morgan fingerprint density at radius 3 is 2.73 bits per heavy atom. The minimum absolute atomic E-state index is 0.0534. The second-order valence-electron chi connectivity index (χ2n) is 7.13. The molecular weight excluding hydrogens is 388 g/mol. The lowest BCUT2D eigenvalue weighted by atomic mass is 9.88. The number of carbonyl (C=O) groups is 4. The number of benzene rings is 1. The van der Waals surface area contributed by atoms with Crippen molar-refractivity contribution in [3.05, 3.63) is 54.1 Å². The minimum atomic E-state index is -1.06. The second-order valence-corrected chi connectivity index (χ2v) is 7.13. The van der Waals surface area contributed by atoms with Crippen LogP contribution in [0.3, 0.4) is 0 Å². The molecule has 2 unspecified atom stereocenters. The Morgan fingerprint density at radius 1 is 1.20 bits per heavy atom. The second kappa shape index (κ2) is 10.3. The fourth-order valence-corrected chi connectivity index (χ4v) is 3.32. The summed E-state index contributed by atoms with van der Waals surface area (Å²) in [6, 6.07) is 8.09. The van der Waals surface area contributed by atoms with Crippen LogP contribution in [0.2, 0.25) is 0 Å². The number of Topliss-reactive ketones (excluding diaryl/α,β-unsaturated/α-hetero) is 2. The quantitative estimate of drug-likeness (QED) is 0.595. The molecule has 0 aliphatic carbocycles. The number of hydrogen-bond acceptors (Lipinski definition) is 6. The molecule has 2 amide bonds. The fourth-order valence-electron chi connectivity index (χ4n) is 3.32. The van der Waals surface area contributed by atoms with Crippen LogP contribution >= 0.6 is 0 Å². The van der Waals surface area contributed by atoms with Gasteiger partial charge in [0, 0.05) is 18.9 Å². The third-order valence-corrected chi connectivity index (χ3v) is 4.93. The van der Waals surface area contributed by atoms with Crippen LogP contribution in [-0.2, 0) is 25.7 Å². The lowest BCUT2D eigenvalue weighted by Gasteiger charge is -2.21. The SMILES string of the molecule is O=C(NC(C(=O)CC1CCCCNC(=O)C1=O)c1cnc[nH]1)OCc1ccccc1. The van der Waals surface area contributed by atoms with E-state index in [9.17, 15) is 19.2 Å². The van der Waals surface area contributed by atoms with Crippen LogP contribution in [0.25, 0.3) is 0 Å². The molecule has 0 saturated carbocycles. The predicted octanol–water partition coefficient (Wildman–Crippen LogP) is 1.82. The van der Waals surface area contributed by atoms with E-state index in [1.165, 1.54) is 12.5 Å². The Bertz CT molecular complexity index is 882. The fraction of sp³-hybridized carbons (Fsp3) is 0.381. The zero-order valence-corrected chi connectivity index (χ0v) is 16.4. The van der Waals surface area contributed by atoms with Crippen LogP contribution < -0.4 is 10.6 Å². The summed E-state index contributed by atoms with van der Waals surface area (Å²) < 4.78 is 5.20. The van der Waals surface area contributed by atoms with Crippen molar-refractivity contribution in [3.8, 4) is 0 Å². The molecule has 1 aromatic heterocycles. The number of nitrogens with one attached hydrogen (secondary N) is 3. The Hall–Kier alpha value is -3.49. The maximum atomic E-state index is 13.0. The molecule has 9 nitrogen and oxygen atoms in total. The van der Waals surface area contributed by atoms with Crippen LogP contribution in [0.4, 0.5) is 4.79 Å². The number of hydrogen-bond donors (Lipinski definition) is 3. The molecule has 2 heterocycles. The molecule has 3 N–H and O–H groups in total. The first-order chi connectivity index (χ1) is 14.5. The highest BCUT2D eigenvalue weighted by atomic mass is 16.5. The average molecular weight is 412 g/mol. The summed E-state index contributed by atoms with van der Waals surface area (Å²) in [5.74, 6) is -2.38. The standard InChI is InChI=1S/C21H24N4O5/c26-17(10-15-8-4-5-9-23-20(28)19(15)27)18(16-11-22-13-24-16)25-21(29)30-12-14-6-2-1-3-7-14/h1-3,6-7,11,13,15,18H,4-5,8-10,12H2,(H,22,24)(H,23,28)(H,25,29). The van der Waals surface area contributed by atoms with Gasteiger partial charge in [0.1, 0.15) is 12.6 Å². The van der Waals surface area contributed by atoms with Crippen LogP contribution in [0.5, 0.6) is 0 Å². The van der Waals surface area contributed by atoms with E-state index < -0.39 is 35.5 Å². The van der Waals surface area contributed by atoms with Gasteiger partial charge in [-0.25, -0.2) is 9.78 Å². The monoisotopic (exact) mass is 412 g/mol. The van der Waals surface area contributed by atoms with Gasteiger partial charge in [-0.05, 0) is 18.4 Å². The molecule has 1 saturated heterocycles. The number of aromatic nitrogens is 2. The smallest absolute Gasteiger partial charge is 0.408 e. The lowest BCUT2D eigenvalue weighted by Crippen LogP contribution is -2.40. The number of amides is 2. The zero-order valence-electron chi connectivity index (χ0n) is 16.4. The molecule has 0 radical (unpaired) electrons. The summed E-state index contributed by atoms with van der Waals surface area (Å²) in [5, 5.41) is 5.09. The molecule has 0 bridgehead atoms.